The first kappa shape index (κ1) is 25.9. The number of methoxy groups -OCH3 is 2. The van der Waals surface area contributed by atoms with Gasteiger partial charge in [0.2, 0.25) is 0 Å². The highest BCUT2D eigenvalue weighted by molar-refractivity contribution is 5.96. The number of likely N-dealkylation sites (tertiary alicyclic amines) is 1. The summed E-state index contributed by atoms with van der Waals surface area (Å²) in [7, 11) is 3.14. The fourth-order valence-electron chi connectivity index (χ4n) is 4.80. The first-order chi connectivity index (χ1) is 17.5. The zero-order valence-electron chi connectivity index (χ0n) is 21.4. The molecule has 2 aliphatic heterocycles. The van der Waals surface area contributed by atoms with Crippen molar-refractivity contribution in [2.24, 2.45) is 0 Å². The predicted molar refractivity (Wildman–Crippen MR) is 136 cm³/mol. The maximum absolute atomic E-state index is 13.2. The highest BCUT2D eigenvalue weighted by atomic mass is 16.5. The minimum absolute atomic E-state index is 0.0519. The van der Waals surface area contributed by atoms with Crippen molar-refractivity contribution in [1.29, 1.82) is 0 Å². The molecule has 2 fully saturated rings. The van der Waals surface area contributed by atoms with Crippen LogP contribution < -0.4 is 14.8 Å². The molecule has 2 amide bonds. The van der Waals surface area contributed by atoms with Gasteiger partial charge in [0.15, 0.2) is 0 Å². The lowest BCUT2D eigenvalue weighted by atomic mass is 9.89. The Morgan fingerprint density at radius 2 is 1.69 bits per heavy atom. The van der Waals surface area contributed by atoms with E-state index in [-0.39, 0.29) is 17.7 Å². The molecule has 2 aliphatic rings. The fourth-order valence-corrected chi connectivity index (χ4v) is 4.80. The number of amides is 2. The molecule has 0 saturated carbocycles. The molecule has 2 aromatic rings. The maximum atomic E-state index is 13.2. The zero-order chi connectivity index (χ0) is 25.5. The van der Waals surface area contributed by atoms with Crippen molar-refractivity contribution < 1.29 is 23.8 Å². The van der Waals surface area contributed by atoms with E-state index in [1.165, 1.54) is 0 Å². The highest BCUT2D eigenvalue weighted by Gasteiger charge is 2.29. The summed E-state index contributed by atoms with van der Waals surface area (Å²) in [6.07, 6.45) is 1.49. The minimum atomic E-state index is -0.0901. The van der Waals surface area contributed by atoms with Gasteiger partial charge in [-0.05, 0) is 44.0 Å². The van der Waals surface area contributed by atoms with Crippen LogP contribution in [0.3, 0.4) is 0 Å². The quantitative estimate of drug-likeness (QED) is 0.600. The third-order valence-electron chi connectivity index (χ3n) is 6.89. The van der Waals surface area contributed by atoms with E-state index < -0.39 is 0 Å². The molecule has 1 N–H and O–H groups in total. The maximum Gasteiger partial charge on any atom is 0.254 e. The van der Waals surface area contributed by atoms with Gasteiger partial charge < -0.3 is 24.4 Å². The molecule has 0 aliphatic carbocycles. The van der Waals surface area contributed by atoms with Crippen LogP contribution in [0, 0.1) is 6.92 Å². The third kappa shape index (κ3) is 6.33. The number of nitrogens with zero attached hydrogens (tertiary/aromatic N) is 3. The molecule has 36 heavy (non-hydrogen) atoms. The van der Waals surface area contributed by atoms with E-state index in [2.05, 4.69) is 10.2 Å². The second-order valence-electron chi connectivity index (χ2n) is 9.26. The smallest absolute Gasteiger partial charge is 0.254 e. The van der Waals surface area contributed by atoms with Gasteiger partial charge in [-0.25, -0.2) is 0 Å². The number of rotatable bonds is 8. The van der Waals surface area contributed by atoms with Crippen LogP contribution in [0.1, 0.15) is 50.9 Å². The van der Waals surface area contributed by atoms with E-state index in [4.69, 9.17) is 19.2 Å². The lowest BCUT2D eigenvalue weighted by Crippen LogP contribution is -2.41. The van der Waals surface area contributed by atoms with E-state index >= 15 is 0 Å². The lowest BCUT2D eigenvalue weighted by molar-refractivity contribution is 0.0383. The zero-order valence-corrected chi connectivity index (χ0v) is 21.4. The van der Waals surface area contributed by atoms with Crippen LogP contribution in [0.15, 0.2) is 30.3 Å². The summed E-state index contributed by atoms with van der Waals surface area (Å²) in [5.41, 5.74) is 2.88. The van der Waals surface area contributed by atoms with Gasteiger partial charge in [0, 0.05) is 62.5 Å². The number of ether oxygens (including phenoxy) is 3. The number of nitrogens with one attached hydrogen (secondary N) is 1. The molecule has 9 nitrogen and oxygen atoms in total. The Balaban J connectivity index is 1.39. The molecular weight excluding hydrogens is 460 g/mol. The van der Waals surface area contributed by atoms with Gasteiger partial charge in [-0.3, -0.25) is 19.5 Å². The van der Waals surface area contributed by atoms with Gasteiger partial charge in [-0.15, -0.1) is 0 Å². The Kier molecular flexibility index (Phi) is 8.77. The van der Waals surface area contributed by atoms with Crippen LogP contribution in [0.4, 0.5) is 0 Å². The van der Waals surface area contributed by atoms with Crippen LogP contribution in [-0.2, 0) is 4.74 Å². The Bertz CT molecular complexity index is 1040. The predicted octanol–water partition coefficient (Wildman–Crippen LogP) is 2.49. The van der Waals surface area contributed by atoms with Crippen molar-refractivity contribution in [2.45, 2.75) is 25.7 Å². The molecule has 0 unspecified atom stereocenters. The molecule has 9 heteroatoms. The van der Waals surface area contributed by atoms with E-state index in [1.807, 2.05) is 24.0 Å². The number of aromatic nitrogens is 1. The molecule has 194 valence electrons. The fraction of sp³-hybridized carbons (Fsp3) is 0.519. The molecule has 0 spiro atoms. The lowest BCUT2D eigenvalue weighted by Gasteiger charge is -2.32. The van der Waals surface area contributed by atoms with E-state index in [0.29, 0.717) is 42.3 Å². The standard InChI is InChI=1S/C27H36N4O5/c1-19-4-5-24(26(32)28-8-11-30-12-14-36-15-13-30)25(29-19)20-6-9-31(10-7-20)27(33)21-16-22(34-2)18-23(17-21)35-3/h4-5,16-18,20H,6-15H2,1-3H3,(H,28,32). The van der Waals surface area contributed by atoms with Crippen molar-refractivity contribution in [2.75, 3.05) is 66.7 Å². The topological polar surface area (TPSA) is 93.2 Å². The SMILES string of the molecule is COc1cc(OC)cc(C(=O)N2CCC(c3nc(C)ccc3C(=O)NCCN3CCOCC3)CC2)c1. The van der Waals surface area contributed by atoms with Crippen molar-refractivity contribution in [1.82, 2.24) is 20.1 Å². The van der Waals surface area contributed by atoms with Gasteiger partial charge in [-0.1, -0.05) is 0 Å². The van der Waals surface area contributed by atoms with Gasteiger partial charge in [0.1, 0.15) is 11.5 Å². The number of benzene rings is 1. The Morgan fingerprint density at radius 3 is 2.33 bits per heavy atom. The molecule has 0 atom stereocenters. The summed E-state index contributed by atoms with van der Waals surface area (Å²) in [6, 6.07) is 8.98. The van der Waals surface area contributed by atoms with Crippen molar-refractivity contribution in [3.8, 4) is 11.5 Å². The molecule has 0 bridgehead atoms. The van der Waals surface area contributed by atoms with Crippen molar-refractivity contribution >= 4 is 11.8 Å². The minimum Gasteiger partial charge on any atom is -0.497 e. The summed E-state index contributed by atoms with van der Waals surface area (Å²) >= 11 is 0. The normalized spacial score (nSPS) is 17.0. The number of carbonyl (C=O) groups is 2. The van der Waals surface area contributed by atoms with E-state index in [1.54, 1.807) is 32.4 Å². The van der Waals surface area contributed by atoms with Gasteiger partial charge in [0.25, 0.3) is 11.8 Å². The molecule has 3 heterocycles. The molecule has 0 radical (unpaired) electrons. The van der Waals surface area contributed by atoms with Crippen LogP contribution in [0.25, 0.3) is 0 Å². The van der Waals surface area contributed by atoms with Gasteiger partial charge in [-0.2, -0.15) is 0 Å². The van der Waals surface area contributed by atoms with Crippen molar-refractivity contribution in [3.05, 3.63) is 52.8 Å². The summed E-state index contributed by atoms with van der Waals surface area (Å²) in [6.45, 7) is 7.80. The summed E-state index contributed by atoms with van der Waals surface area (Å²) in [5, 5.41) is 3.07. The number of hydrogen-bond donors (Lipinski definition) is 1. The third-order valence-corrected chi connectivity index (χ3v) is 6.89. The number of aryl methyl sites for hydroxylation is 1. The van der Waals surface area contributed by atoms with Crippen LogP contribution >= 0.6 is 0 Å². The molecule has 1 aromatic heterocycles. The number of carbonyl (C=O) groups excluding carboxylic acids is 2. The largest absolute Gasteiger partial charge is 0.497 e. The molecule has 4 rings (SSSR count). The molecule has 2 saturated heterocycles. The Morgan fingerprint density at radius 1 is 1.03 bits per heavy atom. The van der Waals surface area contributed by atoms with Crippen LogP contribution in [-0.4, -0.2) is 93.3 Å². The van der Waals surface area contributed by atoms with Gasteiger partial charge >= 0.3 is 0 Å². The number of pyridine rings is 1. The molecule has 1 aromatic carbocycles. The van der Waals surface area contributed by atoms with Gasteiger partial charge in [0.05, 0.1) is 38.7 Å². The van der Waals surface area contributed by atoms with Crippen LogP contribution in [0.5, 0.6) is 11.5 Å². The monoisotopic (exact) mass is 496 g/mol. The average Bonchev–Trinajstić information content (AvgIpc) is 2.92. The summed E-state index contributed by atoms with van der Waals surface area (Å²) in [4.78, 5) is 35.1. The van der Waals surface area contributed by atoms with E-state index in [0.717, 1.165) is 57.1 Å². The van der Waals surface area contributed by atoms with Crippen LogP contribution in [0.2, 0.25) is 0 Å². The number of piperidine rings is 1. The Hall–Kier alpha value is -3.17. The Labute approximate surface area is 212 Å². The number of morpholine rings is 1. The highest BCUT2D eigenvalue weighted by Crippen LogP contribution is 2.31. The molecular formula is C27H36N4O5. The van der Waals surface area contributed by atoms with Crippen molar-refractivity contribution in [3.63, 3.8) is 0 Å². The second kappa shape index (κ2) is 12.2. The summed E-state index contributed by atoms with van der Waals surface area (Å²) < 4.78 is 16.0. The first-order valence-electron chi connectivity index (χ1n) is 12.6. The summed E-state index contributed by atoms with van der Waals surface area (Å²) in [5.74, 6) is 1.15. The number of hydrogen-bond acceptors (Lipinski definition) is 7. The second-order valence-corrected chi connectivity index (χ2v) is 9.26. The average molecular weight is 497 g/mol. The first-order valence-corrected chi connectivity index (χ1v) is 12.6. The van der Waals surface area contributed by atoms with E-state index in [9.17, 15) is 9.59 Å².